The van der Waals surface area contributed by atoms with Crippen molar-refractivity contribution in [1.82, 2.24) is 4.98 Å². The Morgan fingerprint density at radius 3 is 2.92 bits per heavy atom. The van der Waals surface area contributed by atoms with E-state index in [9.17, 15) is 0 Å². The molecule has 0 spiro atoms. The zero-order chi connectivity index (χ0) is 8.65. The highest BCUT2D eigenvalue weighted by Gasteiger charge is 1.85. The van der Waals surface area contributed by atoms with Gasteiger partial charge in [0.05, 0.1) is 0 Å². The number of pyridine rings is 1. The van der Waals surface area contributed by atoms with Crippen LogP contribution in [0.4, 0.5) is 0 Å². The third kappa shape index (κ3) is 3.33. The van der Waals surface area contributed by atoms with Gasteiger partial charge in [-0.25, -0.2) is 0 Å². The van der Waals surface area contributed by atoms with Crippen LogP contribution >= 0.6 is 0 Å². The Bertz CT molecular complexity index is 226. The van der Waals surface area contributed by atoms with Gasteiger partial charge in [0.1, 0.15) is 0 Å². The fourth-order valence-electron chi connectivity index (χ4n) is 1.01. The van der Waals surface area contributed by atoms with Crippen LogP contribution in [0.25, 0.3) is 0 Å². The van der Waals surface area contributed by atoms with E-state index in [1.807, 2.05) is 18.3 Å². The van der Waals surface area contributed by atoms with Crippen molar-refractivity contribution >= 4 is 0 Å². The van der Waals surface area contributed by atoms with Crippen LogP contribution in [0.5, 0.6) is 0 Å². The maximum absolute atomic E-state index is 4.23. The summed E-state index contributed by atoms with van der Waals surface area (Å²) in [6, 6.07) is 6.02. The third-order valence-corrected chi connectivity index (χ3v) is 1.68. The Kier molecular flexibility index (Phi) is 4.14. The number of nitrogens with zero attached hydrogens (tertiary/aromatic N) is 1. The molecule has 0 aliphatic carbocycles. The van der Waals surface area contributed by atoms with Crippen molar-refractivity contribution in [3.8, 4) is 0 Å². The van der Waals surface area contributed by atoms with E-state index in [4.69, 9.17) is 0 Å². The summed E-state index contributed by atoms with van der Waals surface area (Å²) in [5, 5.41) is 0. The van der Waals surface area contributed by atoms with Crippen molar-refractivity contribution in [2.45, 2.75) is 26.2 Å². The van der Waals surface area contributed by atoms with Crippen molar-refractivity contribution < 1.29 is 0 Å². The molecule has 1 heteroatoms. The summed E-state index contributed by atoms with van der Waals surface area (Å²) in [6.07, 6.45) is 9.59. The summed E-state index contributed by atoms with van der Waals surface area (Å²) in [5.41, 5.74) is 1.14. The lowest BCUT2D eigenvalue weighted by Crippen LogP contribution is -1.83. The minimum absolute atomic E-state index is 0.959. The molecule has 1 rings (SSSR count). The molecule has 1 nitrogen and oxygen atoms in total. The molecule has 0 N–H and O–H groups in total. The van der Waals surface area contributed by atoms with Crippen LogP contribution in [0.2, 0.25) is 0 Å². The molecule has 0 bridgehead atoms. The number of hydrogen-bond donors (Lipinski definition) is 0. The zero-order valence-electron chi connectivity index (χ0n) is 7.53. The van der Waals surface area contributed by atoms with Crippen molar-refractivity contribution in [1.29, 1.82) is 0 Å². The Morgan fingerprint density at radius 2 is 2.25 bits per heavy atom. The first-order valence-electron chi connectivity index (χ1n) is 4.48. The molecule has 1 aromatic heterocycles. The standard InChI is InChI=1S/C11H15N/c1-2-3-4-5-8-11-9-6-7-10-12-11/h4-7,9-10H,2-3,8H2,1H3. The van der Waals surface area contributed by atoms with Crippen LogP contribution in [0.15, 0.2) is 36.5 Å². The van der Waals surface area contributed by atoms with Gasteiger partial charge in [0.2, 0.25) is 0 Å². The molecular weight excluding hydrogens is 146 g/mol. The number of aromatic nitrogens is 1. The Balaban J connectivity index is 2.33. The Hall–Kier alpha value is -1.11. The van der Waals surface area contributed by atoms with E-state index in [0.29, 0.717) is 0 Å². The number of allylic oxidation sites excluding steroid dienone is 2. The largest absolute Gasteiger partial charge is 0.261 e. The van der Waals surface area contributed by atoms with Gasteiger partial charge in [-0.1, -0.05) is 31.6 Å². The molecule has 0 radical (unpaired) electrons. The average molecular weight is 161 g/mol. The van der Waals surface area contributed by atoms with Crippen molar-refractivity contribution in [2.75, 3.05) is 0 Å². The summed E-state index contributed by atoms with van der Waals surface area (Å²) in [5.74, 6) is 0. The lowest BCUT2D eigenvalue weighted by molar-refractivity contribution is 0.951. The predicted molar refractivity (Wildman–Crippen MR) is 52.0 cm³/mol. The van der Waals surface area contributed by atoms with Crippen LogP contribution in [0, 0.1) is 0 Å². The van der Waals surface area contributed by atoms with E-state index >= 15 is 0 Å². The zero-order valence-corrected chi connectivity index (χ0v) is 7.53. The molecule has 1 aromatic rings. The fraction of sp³-hybridized carbons (Fsp3) is 0.364. The van der Waals surface area contributed by atoms with Crippen LogP contribution in [-0.2, 0) is 6.42 Å². The first-order chi connectivity index (χ1) is 5.93. The van der Waals surface area contributed by atoms with Gasteiger partial charge in [-0.3, -0.25) is 4.98 Å². The van der Waals surface area contributed by atoms with Crippen molar-refractivity contribution in [3.63, 3.8) is 0 Å². The lowest BCUT2D eigenvalue weighted by atomic mass is 10.2. The molecule has 0 amide bonds. The Labute approximate surface area is 74.2 Å². The van der Waals surface area contributed by atoms with Gasteiger partial charge in [-0.2, -0.15) is 0 Å². The summed E-state index contributed by atoms with van der Waals surface area (Å²) in [6.45, 7) is 2.19. The molecule has 0 unspecified atom stereocenters. The van der Waals surface area contributed by atoms with E-state index in [0.717, 1.165) is 12.1 Å². The predicted octanol–water partition coefficient (Wildman–Crippen LogP) is 2.98. The van der Waals surface area contributed by atoms with Gasteiger partial charge in [-0.15, -0.1) is 0 Å². The van der Waals surface area contributed by atoms with Gasteiger partial charge in [0.15, 0.2) is 0 Å². The van der Waals surface area contributed by atoms with Crippen LogP contribution in [-0.4, -0.2) is 4.98 Å². The van der Waals surface area contributed by atoms with Gasteiger partial charge >= 0.3 is 0 Å². The molecule has 0 aromatic carbocycles. The SMILES string of the molecule is CCCC=CCc1ccccn1. The lowest BCUT2D eigenvalue weighted by Gasteiger charge is -1.92. The average Bonchev–Trinajstić information content (AvgIpc) is 2.14. The van der Waals surface area contributed by atoms with E-state index in [2.05, 4.69) is 30.1 Å². The number of hydrogen-bond acceptors (Lipinski definition) is 1. The topological polar surface area (TPSA) is 12.9 Å². The summed E-state index contributed by atoms with van der Waals surface area (Å²) >= 11 is 0. The van der Waals surface area contributed by atoms with E-state index in [-0.39, 0.29) is 0 Å². The molecule has 64 valence electrons. The fourth-order valence-corrected chi connectivity index (χ4v) is 1.01. The molecule has 0 aliphatic rings. The molecule has 0 saturated heterocycles. The highest BCUT2D eigenvalue weighted by Crippen LogP contribution is 1.97. The Morgan fingerprint density at radius 1 is 1.33 bits per heavy atom. The third-order valence-electron chi connectivity index (χ3n) is 1.68. The summed E-state index contributed by atoms with van der Waals surface area (Å²) in [4.78, 5) is 4.23. The van der Waals surface area contributed by atoms with Gasteiger partial charge in [0, 0.05) is 18.3 Å². The first-order valence-corrected chi connectivity index (χ1v) is 4.48. The second-order valence-electron chi connectivity index (χ2n) is 2.79. The summed E-state index contributed by atoms with van der Waals surface area (Å²) in [7, 11) is 0. The van der Waals surface area contributed by atoms with Crippen LogP contribution in [0.3, 0.4) is 0 Å². The van der Waals surface area contributed by atoms with E-state index < -0.39 is 0 Å². The van der Waals surface area contributed by atoms with Gasteiger partial charge in [-0.05, 0) is 18.6 Å². The van der Waals surface area contributed by atoms with E-state index in [1.54, 1.807) is 0 Å². The highest BCUT2D eigenvalue weighted by molar-refractivity contribution is 5.07. The minimum Gasteiger partial charge on any atom is -0.261 e. The molecule has 0 fully saturated rings. The van der Waals surface area contributed by atoms with Crippen molar-refractivity contribution in [3.05, 3.63) is 42.2 Å². The normalized spacial score (nSPS) is 10.8. The molecule has 0 saturated carbocycles. The molecular formula is C11H15N. The number of rotatable bonds is 4. The maximum atomic E-state index is 4.23. The first kappa shape index (κ1) is 8.98. The molecule has 12 heavy (non-hydrogen) atoms. The van der Waals surface area contributed by atoms with Crippen LogP contribution < -0.4 is 0 Å². The second-order valence-corrected chi connectivity index (χ2v) is 2.79. The second kappa shape index (κ2) is 5.53. The highest BCUT2D eigenvalue weighted by atomic mass is 14.7. The minimum atomic E-state index is 0.959. The molecule has 0 aliphatic heterocycles. The smallest absolute Gasteiger partial charge is 0.0441 e. The number of unbranched alkanes of at least 4 members (excludes halogenated alkanes) is 1. The maximum Gasteiger partial charge on any atom is 0.0441 e. The molecule has 0 atom stereocenters. The van der Waals surface area contributed by atoms with Crippen LogP contribution in [0.1, 0.15) is 25.5 Å². The monoisotopic (exact) mass is 161 g/mol. The summed E-state index contributed by atoms with van der Waals surface area (Å²) < 4.78 is 0. The van der Waals surface area contributed by atoms with Gasteiger partial charge < -0.3 is 0 Å². The van der Waals surface area contributed by atoms with E-state index in [1.165, 1.54) is 12.8 Å². The quantitative estimate of drug-likeness (QED) is 0.619. The van der Waals surface area contributed by atoms with Gasteiger partial charge in [0.25, 0.3) is 0 Å². The molecule has 1 heterocycles. The van der Waals surface area contributed by atoms with Crippen molar-refractivity contribution in [2.24, 2.45) is 0 Å².